The van der Waals surface area contributed by atoms with Gasteiger partial charge in [-0.25, -0.2) is 18.2 Å². The van der Waals surface area contributed by atoms with Gasteiger partial charge in [0.25, 0.3) is 5.56 Å². The smallest absolute Gasteiger partial charge is 0.283 e. The van der Waals surface area contributed by atoms with Crippen LogP contribution in [0.15, 0.2) is 15.5 Å². The fraction of sp³-hybridized carbons (Fsp3) is 0.556. The quantitative estimate of drug-likeness (QED) is 0.544. The minimum absolute atomic E-state index is 0.114. The highest BCUT2D eigenvalue weighted by Gasteiger charge is 2.08. The molecule has 1 aromatic heterocycles. The highest BCUT2D eigenvalue weighted by Crippen LogP contribution is 2.15. The van der Waals surface area contributed by atoms with Crippen molar-refractivity contribution in [3.63, 3.8) is 0 Å². The number of nitrogens with two attached hydrogens (primary N) is 1. The average molecular weight is 355 g/mol. The Hall–Kier alpha value is -0.970. The van der Waals surface area contributed by atoms with E-state index < -0.39 is 10.0 Å². The van der Waals surface area contributed by atoms with E-state index in [0.717, 1.165) is 4.68 Å². The van der Waals surface area contributed by atoms with Crippen LogP contribution in [0.1, 0.15) is 6.42 Å². The standard InChI is InChI=1S/C9H15BrN4O4S/c10-8-7(12-2-1-5-19(11,17)18)6-13-14(3-4-15)9(8)16/h6,12,15H,1-5H2,(H2,11,17,18). The maximum absolute atomic E-state index is 11.8. The third-order valence-electron chi connectivity index (χ3n) is 2.22. The summed E-state index contributed by atoms with van der Waals surface area (Å²) < 4.78 is 22.9. The van der Waals surface area contributed by atoms with Gasteiger partial charge in [0.1, 0.15) is 4.47 Å². The van der Waals surface area contributed by atoms with Crippen LogP contribution in [0.25, 0.3) is 0 Å². The number of primary sulfonamides is 1. The van der Waals surface area contributed by atoms with Crippen LogP contribution in [0, 0.1) is 0 Å². The normalized spacial score (nSPS) is 11.5. The zero-order valence-electron chi connectivity index (χ0n) is 10.0. The fourth-order valence-corrected chi connectivity index (χ4v) is 2.33. The number of nitrogens with zero attached hydrogens (tertiary/aromatic N) is 2. The zero-order chi connectivity index (χ0) is 14.5. The van der Waals surface area contributed by atoms with Gasteiger partial charge < -0.3 is 10.4 Å². The summed E-state index contributed by atoms with van der Waals surface area (Å²) >= 11 is 3.13. The van der Waals surface area contributed by atoms with Crippen LogP contribution in [-0.4, -0.2) is 42.2 Å². The fourth-order valence-electron chi connectivity index (χ4n) is 1.34. The van der Waals surface area contributed by atoms with Crippen LogP contribution < -0.4 is 16.0 Å². The molecule has 8 nitrogen and oxygen atoms in total. The number of aliphatic hydroxyl groups is 1. The summed E-state index contributed by atoms with van der Waals surface area (Å²) in [6, 6.07) is 0. The van der Waals surface area contributed by atoms with Crippen molar-refractivity contribution in [2.75, 3.05) is 24.2 Å². The highest BCUT2D eigenvalue weighted by atomic mass is 79.9. The van der Waals surface area contributed by atoms with Crippen LogP contribution >= 0.6 is 15.9 Å². The summed E-state index contributed by atoms with van der Waals surface area (Å²) in [7, 11) is -3.47. The van der Waals surface area contributed by atoms with Gasteiger partial charge in [-0.15, -0.1) is 0 Å². The van der Waals surface area contributed by atoms with E-state index in [1.165, 1.54) is 6.20 Å². The van der Waals surface area contributed by atoms with Gasteiger partial charge in [0, 0.05) is 6.54 Å². The molecule has 0 aromatic carbocycles. The maximum atomic E-state index is 11.8. The lowest BCUT2D eigenvalue weighted by Gasteiger charge is -2.09. The Kier molecular flexibility index (Phi) is 5.91. The molecule has 0 amide bonds. The monoisotopic (exact) mass is 354 g/mol. The molecule has 4 N–H and O–H groups in total. The SMILES string of the molecule is NS(=O)(=O)CCCNc1cnn(CCO)c(=O)c1Br. The molecule has 0 bridgehead atoms. The number of hydrogen-bond acceptors (Lipinski definition) is 6. The molecule has 0 aliphatic rings. The van der Waals surface area contributed by atoms with Gasteiger partial charge >= 0.3 is 0 Å². The lowest BCUT2D eigenvalue weighted by Crippen LogP contribution is -2.26. The summed E-state index contributed by atoms with van der Waals surface area (Å²) in [5.74, 6) is -0.132. The van der Waals surface area contributed by atoms with E-state index in [4.69, 9.17) is 10.2 Å². The van der Waals surface area contributed by atoms with Crippen LogP contribution in [0.4, 0.5) is 5.69 Å². The molecule has 0 radical (unpaired) electrons. The molecule has 19 heavy (non-hydrogen) atoms. The van der Waals surface area contributed by atoms with Gasteiger partial charge in [-0.2, -0.15) is 5.10 Å². The molecule has 1 rings (SSSR count). The van der Waals surface area contributed by atoms with Crippen molar-refractivity contribution in [3.8, 4) is 0 Å². The van der Waals surface area contributed by atoms with Crippen molar-refractivity contribution >= 4 is 31.6 Å². The number of aromatic nitrogens is 2. The molecule has 10 heteroatoms. The van der Waals surface area contributed by atoms with E-state index in [-0.39, 0.29) is 28.9 Å². The molecule has 0 aliphatic carbocycles. The number of aliphatic hydroxyl groups excluding tert-OH is 1. The van der Waals surface area contributed by atoms with E-state index in [2.05, 4.69) is 26.3 Å². The summed E-state index contributed by atoms with van der Waals surface area (Å²) in [5.41, 5.74) is 0.0964. The number of rotatable bonds is 7. The van der Waals surface area contributed by atoms with Gasteiger partial charge in [-0.05, 0) is 22.4 Å². The highest BCUT2D eigenvalue weighted by molar-refractivity contribution is 9.10. The van der Waals surface area contributed by atoms with Crippen LogP contribution in [-0.2, 0) is 16.6 Å². The predicted molar refractivity (Wildman–Crippen MR) is 74.4 cm³/mol. The molecule has 1 heterocycles. The Labute approximate surface area is 118 Å². The maximum Gasteiger partial charge on any atom is 0.283 e. The third-order valence-corrected chi connectivity index (χ3v) is 3.84. The molecule has 0 unspecified atom stereocenters. The van der Waals surface area contributed by atoms with E-state index in [9.17, 15) is 13.2 Å². The van der Waals surface area contributed by atoms with Crippen molar-refractivity contribution in [2.45, 2.75) is 13.0 Å². The summed E-state index contributed by atoms with van der Waals surface area (Å²) in [6.45, 7) is 0.282. The Bertz CT molecular complexity index is 586. The number of anilines is 1. The molecule has 1 aromatic rings. The molecule has 0 aliphatic heterocycles. The second kappa shape index (κ2) is 6.98. The lowest BCUT2D eigenvalue weighted by molar-refractivity contribution is 0.266. The summed E-state index contributed by atoms with van der Waals surface area (Å²) in [6.07, 6.45) is 1.75. The first-order chi connectivity index (χ1) is 8.85. The minimum atomic E-state index is -3.47. The van der Waals surface area contributed by atoms with E-state index in [1.54, 1.807) is 0 Å². The molecule has 0 fully saturated rings. The van der Waals surface area contributed by atoms with Gasteiger partial charge in [0.2, 0.25) is 10.0 Å². The lowest BCUT2D eigenvalue weighted by atomic mass is 10.4. The molecule has 0 saturated carbocycles. The van der Waals surface area contributed by atoms with Crippen molar-refractivity contribution in [1.82, 2.24) is 9.78 Å². The topological polar surface area (TPSA) is 127 Å². The van der Waals surface area contributed by atoms with Crippen molar-refractivity contribution in [2.24, 2.45) is 5.14 Å². The summed E-state index contributed by atoms with van der Waals surface area (Å²) in [4.78, 5) is 11.8. The van der Waals surface area contributed by atoms with Gasteiger partial charge in [-0.3, -0.25) is 4.79 Å². The van der Waals surface area contributed by atoms with Crippen LogP contribution in [0.2, 0.25) is 0 Å². The molecular formula is C9H15BrN4O4S. The Morgan fingerprint density at radius 1 is 1.53 bits per heavy atom. The zero-order valence-corrected chi connectivity index (χ0v) is 12.4. The predicted octanol–water partition coefficient (Wildman–Crippen LogP) is -0.911. The van der Waals surface area contributed by atoms with Crippen molar-refractivity contribution in [1.29, 1.82) is 0 Å². The van der Waals surface area contributed by atoms with Crippen molar-refractivity contribution in [3.05, 3.63) is 21.0 Å². The first-order valence-corrected chi connectivity index (χ1v) is 7.97. The summed E-state index contributed by atoms with van der Waals surface area (Å²) in [5, 5.41) is 20.4. The van der Waals surface area contributed by atoms with Gasteiger partial charge in [0.05, 0.1) is 30.8 Å². The average Bonchev–Trinajstić information content (AvgIpc) is 2.32. The number of halogens is 1. The second-order valence-corrected chi connectivity index (χ2v) is 6.30. The number of nitrogens with one attached hydrogen (secondary N) is 1. The van der Waals surface area contributed by atoms with Crippen LogP contribution in [0.3, 0.4) is 0 Å². The molecular weight excluding hydrogens is 340 g/mol. The van der Waals surface area contributed by atoms with Crippen molar-refractivity contribution < 1.29 is 13.5 Å². The number of sulfonamides is 1. The first-order valence-electron chi connectivity index (χ1n) is 5.46. The Balaban J connectivity index is 2.65. The first kappa shape index (κ1) is 16.1. The third kappa shape index (κ3) is 5.27. The van der Waals surface area contributed by atoms with Gasteiger partial charge in [-0.1, -0.05) is 0 Å². The molecule has 0 saturated heterocycles. The molecule has 0 atom stereocenters. The Morgan fingerprint density at radius 3 is 2.79 bits per heavy atom. The van der Waals surface area contributed by atoms with E-state index >= 15 is 0 Å². The van der Waals surface area contributed by atoms with Crippen LogP contribution in [0.5, 0.6) is 0 Å². The van der Waals surface area contributed by atoms with E-state index in [1.807, 2.05) is 0 Å². The largest absolute Gasteiger partial charge is 0.394 e. The molecule has 108 valence electrons. The minimum Gasteiger partial charge on any atom is -0.394 e. The Morgan fingerprint density at radius 2 is 2.21 bits per heavy atom. The number of hydrogen-bond donors (Lipinski definition) is 3. The van der Waals surface area contributed by atoms with Gasteiger partial charge in [0.15, 0.2) is 0 Å². The molecule has 0 spiro atoms. The van der Waals surface area contributed by atoms with E-state index in [0.29, 0.717) is 18.7 Å². The second-order valence-electron chi connectivity index (χ2n) is 3.77.